The van der Waals surface area contributed by atoms with E-state index < -0.39 is 0 Å². The molecule has 2 rings (SSSR count). The van der Waals surface area contributed by atoms with Crippen molar-refractivity contribution in [1.82, 2.24) is 5.32 Å². The van der Waals surface area contributed by atoms with Crippen LogP contribution >= 0.6 is 11.6 Å². The third-order valence-electron chi connectivity index (χ3n) is 4.00. The molecular formula is C17H27ClN2O. The Kier molecular flexibility index (Phi) is 5.91. The zero-order valence-corrected chi connectivity index (χ0v) is 14.3. The molecule has 0 amide bonds. The number of ether oxygens (including phenoxy) is 1. The monoisotopic (exact) mass is 310 g/mol. The zero-order chi connectivity index (χ0) is 15.4. The maximum absolute atomic E-state index is 6.54. The first kappa shape index (κ1) is 16.6. The fourth-order valence-corrected chi connectivity index (χ4v) is 3.10. The van der Waals surface area contributed by atoms with Gasteiger partial charge in [0.25, 0.3) is 0 Å². The van der Waals surface area contributed by atoms with Gasteiger partial charge in [-0.25, -0.2) is 0 Å². The van der Waals surface area contributed by atoms with Crippen molar-refractivity contribution in [3.63, 3.8) is 0 Å². The van der Waals surface area contributed by atoms with Crippen LogP contribution in [0.1, 0.15) is 39.7 Å². The zero-order valence-electron chi connectivity index (χ0n) is 13.5. The normalized spacial score (nSPS) is 22.9. The maximum Gasteiger partial charge on any atom is 0.0723 e. The van der Waals surface area contributed by atoms with E-state index in [0.717, 1.165) is 31.1 Å². The Labute approximate surface area is 133 Å². The lowest BCUT2D eigenvalue weighted by atomic mass is 10.1. The van der Waals surface area contributed by atoms with Gasteiger partial charge < -0.3 is 15.0 Å². The molecule has 1 aromatic rings. The fourth-order valence-electron chi connectivity index (χ4n) is 2.79. The number of benzene rings is 1. The molecule has 1 aliphatic rings. The second-order valence-corrected chi connectivity index (χ2v) is 6.55. The van der Waals surface area contributed by atoms with Gasteiger partial charge in [-0.1, -0.05) is 44.5 Å². The standard InChI is InChI=1S/C17H27ClN2O/c1-5-15-11-21-13(4)10-20(15)17-14(9-19-12(2)3)7-6-8-16(17)18/h6-8,12-13,15,19H,5,9-11H2,1-4H3. The van der Waals surface area contributed by atoms with E-state index in [2.05, 4.69) is 44.0 Å². The summed E-state index contributed by atoms with van der Waals surface area (Å²) in [6.45, 7) is 11.2. The minimum atomic E-state index is 0.245. The van der Waals surface area contributed by atoms with E-state index in [1.165, 1.54) is 11.3 Å². The van der Waals surface area contributed by atoms with Crippen LogP contribution in [-0.2, 0) is 11.3 Å². The summed E-state index contributed by atoms with van der Waals surface area (Å²) in [4.78, 5) is 2.44. The van der Waals surface area contributed by atoms with Crippen LogP contribution in [0.2, 0.25) is 5.02 Å². The molecule has 0 aliphatic carbocycles. The van der Waals surface area contributed by atoms with Crippen LogP contribution < -0.4 is 10.2 Å². The molecular weight excluding hydrogens is 284 g/mol. The number of morpholine rings is 1. The van der Waals surface area contributed by atoms with E-state index >= 15 is 0 Å². The van der Waals surface area contributed by atoms with Gasteiger partial charge in [-0.15, -0.1) is 0 Å². The summed E-state index contributed by atoms with van der Waals surface area (Å²) < 4.78 is 5.81. The van der Waals surface area contributed by atoms with Crippen molar-refractivity contribution in [3.05, 3.63) is 28.8 Å². The van der Waals surface area contributed by atoms with Crippen LogP contribution in [-0.4, -0.2) is 31.3 Å². The molecule has 2 atom stereocenters. The van der Waals surface area contributed by atoms with Crippen molar-refractivity contribution in [2.75, 3.05) is 18.1 Å². The summed E-state index contributed by atoms with van der Waals surface area (Å²) in [7, 11) is 0. The molecule has 1 fully saturated rings. The van der Waals surface area contributed by atoms with Gasteiger partial charge in [0.15, 0.2) is 0 Å². The van der Waals surface area contributed by atoms with Crippen molar-refractivity contribution in [3.8, 4) is 0 Å². The molecule has 2 unspecified atom stereocenters. The number of halogens is 1. The lowest BCUT2D eigenvalue weighted by Crippen LogP contribution is -2.49. The second-order valence-electron chi connectivity index (χ2n) is 6.14. The molecule has 1 N–H and O–H groups in total. The van der Waals surface area contributed by atoms with Crippen molar-refractivity contribution in [1.29, 1.82) is 0 Å². The second kappa shape index (κ2) is 7.48. The number of nitrogens with one attached hydrogen (secondary N) is 1. The minimum Gasteiger partial charge on any atom is -0.375 e. The molecule has 0 aromatic heterocycles. The van der Waals surface area contributed by atoms with Crippen LogP contribution in [0.4, 0.5) is 5.69 Å². The fraction of sp³-hybridized carbons (Fsp3) is 0.647. The summed E-state index contributed by atoms with van der Waals surface area (Å²) in [5, 5.41) is 4.33. The number of nitrogens with zero attached hydrogens (tertiary/aromatic N) is 1. The third-order valence-corrected chi connectivity index (χ3v) is 4.30. The van der Waals surface area contributed by atoms with Crippen LogP contribution in [0.15, 0.2) is 18.2 Å². The molecule has 0 saturated carbocycles. The van der Waals surface area contributed by atoms with Gasteiger partial charge in [-0.3, -0.25) is 0 Å². The molecule has 3 nitrogen and oxygen atoms in total. The molecule has 0 spiro atoms. The summed E-state index contributed by atoms with van der Waals surface area (Å²) in [6, 6.07) is 7.06. The summed E-state index contributed by atoms with van der Waals surface area (Å²) in [5.74, 6) is 0. The van der Waals surface area contributed by atoms with Crippen molar-refractivity contribution >= 4 is 17.3 Å². The first-order chi connectivity index (χ1) is 10.0. The Morgan fingerprint density at radius 1 is 1.43 bits per heavy atom. The van der Waals surface area contributed by atoms with Gasteiger partial charge in [0.05, 0.1) is 29.5 Å². The highest BCUT2D eigenvalue weighted by Gasteiger charge is 2.28. The Balaban J connectivity index is 2.31. The highest BCUT2D eigenvalue weighted by Crippen LogP contribution is 2.34. The van der Waals surface area contributed by atoms with E-state index in [4.69, 9.17) is 16.3 Å². The minimum absolute atomic E-state index is 0.245. The smallest absolute Gasteiger partial charge is 0.0723 e. The molecule has 1 aromatic carbocycles. The molecule has 21 heavy (non-hydrogen) atoms. The number of hydrogen-bond acceptors (Lipinski definition) is 3. The van der Waals surface area contributed by atoms with Gasteiger partial charge in [0, 0.05) is 19.1 Å². The molecule has 4 heteroatoms. The molecule has 118 valence electrons. The quantitative estimate of drug-likeness (QED) is 0.894. The van der Waals surface area contributed by atoms with Crippen molar-refractivity contribution in [2.45, 2.75) is 58.8 Å². The third kappa shape index (κ3) is 4.12. The summed E-state index contributed by atoms with van der Waals surface area (Å²) >= 11 is 6.54. The maximum atomic E-state index is 6.54. The van der Waals surface area contributed by atoms with E-state index in [0.29, 0.717) is 12.1 Å². The van der Waals surface area contributed by atoms with Crippen LogP contribution in [0, 0.1) is 0 Å². The molecule has 1 aliphatic heterocycles. The van der Waals surface area contributed by atoms with E-state index in [-0.39, 0.29) is 6.10 Å². The Morgan fingerprint density at radius 3 is 2.86 bits per heavy atom. The number of rotatable bonds is 5. The lowest BCUT2D eigenvalue weighted by Gasteiger charge is -2.41. The van der Waals surface area contributed by atoms with E-state index in [1.54, 1.807) is 0 Å². The van der Waals surface area contributed by atoms with Gasteiger partial charge in [0.1, 0.15) is 0 Å². The average Bonchev–Trinajstić information content (AvgIpc) is 2.45. The molecule has 0 radical (unpaired) electrons. The van der Waals surface area contributed by atoms with Crippen LogP contribution in [0.25, 0.3) is 0 Å². The van der Waals surface area contributed by atoms with Gasteiger partial charge >= 0.3 is 0 Å². The van der Waals surface area contributed by atoms with Gasteiger partial charge in [-0.2, -0.15) is 0 Å². The first-order valence-corrected chi connectivity index (χ1v) is 8.29. The average molecular weight is 311 g/mol. The molecule has 1 heterocycles. The van der Waals surface area contributed by atoms with E-state index in [1.807, 2.05) is 12.1 Å². The SMILES string of the molecule is CCC1COC(C)CN1c1c(Cl)cccc1CNC(C)C. The van der Waals surface area contributed by atoms with E-state index in [9.17, 15) is 0 Å². The number of hydrogen-bond donors (Lipinski definition) is 1. The van der Waals surface area contributed by atoms with Gasteiger partial charge in [0.2, 0.25) is 0 Å². The lowest BCUT2D eigenvalue weighted by molar-refractivity contribution is 0.0299. The topological polar surface area (TPSA) is 24.5 Å². The Morgan fingerprint density at radius 2 is 2.19 bits per heavy atom. The highest BCUT2D eigenvalue weighted by atomic mass is 35.5. The molecule has 0 bridgehead atoms. The van der Waals surface area contributed by atoms with Crippen molar-refractivity contribution < 1.29 is 4.74 Å². The summed E-state index contributed by atoms with van der Waals surface area (Å²) in [5.41, 5.74) is 2.44. The predicted octanol–water partition coefficient (Wildman–Crippen LogP) is 3.84. The first-order valence-electron chi connectivity index (χ1n) is 7.92. The van der Waals surface area contributed by atoms with Crippen LogP contribution in [0.3, 0.4) is 0 Å². The predicted molar refractivity (Wildman–Crippen MR) is 90.3 cm³/mol. The number of para-hydroxylation sites is 1. The summed E-state index contributed by atoms with van der Waals surface area (Å²) in [6.07, 6.45) is 1.31. The Hall–Kier alpha value is -0.770. The molecule has 1 saturated heterocycles. The van der Waals surface area contributed by atoms with Gasteiger partial charge in [-0.05, 0) is 25.0 Å². The number of anilines is 1. The highest BCUT2D eigenvalue weighted by molar-refractivity contribution is 6.33. The Bertz CT molecular complexity index is 464. The largest absolute Gasteiger partial charge is 0.375 e. The van der Waals surface area contributed by atoms with Crippen LogP contribution in [0.5, 0.6) is 0 Å². The van der Waals surface area contributed by atoms with Crippen molar-refractivity contribution in [2.24, 2.45) is 0 Å².